The van der Waals surface area contributed by atoms with Crippen LogP contribution >= 0.6 is 0 Å². The first-order valence-corrected chi connectivity index (χ1v) is 6.01. The minimum Gasteiger partial charge on any atom is -0.373 e. The zero-order valence-electron chi connectivity index (χ0n) is 9.82. The average molecular weight is 224 g/mol. The molecule has 1 fully saturated rings. The zero-order valence-corrected chi connectivity index (χ0v) is 9.82. The second-order valence-electron chi connectivity index (χ2n) is 4.47. The molecular formula is C12H20N2O2. The number of likely N-dealkylation sites (N-methyl/N-ethyl adjacent to an activating group) is 1. The molecule has 1 N–H and O–H groups in total. The highest BCUT2D eigenvalue weighted by molar-refractivity contribution is 5.79. The molecular weight excluding hydrogens is 204 g/mol. The molecule has 90 valence electrons. The maximum atomic E-state index is 12.2. The van der Waals surface area contributed by atoms with Crippen LogP contribution in [0.1, 0.15) is 12.8 Å². The molecule has 2 aliphatic rings. The molecule has 1 atom stereocenters. The third kappa shape index (κ3) is 2.62. The van der Waals surface area contributed by atoms with Crippen molar-refractivity contribution in [1.29, 1.82) is 0 Å². The molecule has 0 saturated carbocycles. The minimum absolute atomic E-state index is 0.150. The number of nitrogens with one attached hydrogen (secondary N) is 1. The second kappa shape index (κ2) is 5.46. The van der Waals surface area contributed by atoms with E-state index in [-0.39, 0.29) is 12.0 Å². The highest BCUT2D eigenvalue weighted by atomic mass is 16.5. The van der Waals surface area contributed by atoms with Crippen LogP contribution in [0.3, 0.4) is 0 Å². The Morgan fingerprint density at radius 3 is 2.94 bits per heavy atom. The van der Waals surface area contributed by atoms with Gasteiger partial charge in [0, 0.05) is 25.6 Å². The lowest BCUT2D eigenvalue weighted by Gasteiger charge is -2.34. The van der Waals surface area contributed by atoms with Crippen molar-refractivity contribution in [3.05, 3.63) is 12.2 Å². The predicted octanol–water partition coefficient (Wildman–Crippen LogP) is 0.399. The molecule has 0 bridgehead atoms. The van der Waals surface area contributed by atoms with Crippen LogP contribution in [-0.4, -0.2) is 50.2 Å². The van der Waals surface area contributed by atoms with Gasteiger partial charge in [0.1, 0.15) is 0 Å². The fourth-order valence-corrected chi connectivity index (χ4v) is 2.35. The minimum atomic E-state index is 0.150. The Kier molecular flexibility index (Phi) is 3.96. The molecule has 1 aliphatic heterocycles. The van der Waals surface area contributed by atoms with Crippen molar-refractivity contribution in [2.75, 3.05) is 33.3 Å². The van der Waals surface area contributed by atoms with Crippen molar-refractivity contribution in [3.8, 4) is 0 Å². The van der Waals surface area contributed by atoms with Gasteiger partial charge >= 0.3 is 0 Å². The van der Waals surface area contributed by atoms with Crippen LogP contribution in [0.2, 0.25) is 0 Å². The molecule has 2 rings (SSSR count). The van der Waals surface area contributed by atoms with Crippen molar-refractivity contribution in [1.82, 2.24) is 10.2 Å². The predicted molar refractivity (Wildman–Crippen MR) is 62.1 cm³/mol. The summed E-state index contributed by atoms with van der Waals surface area (Å²) < 4.78 is 5.59. The van der Waals surface area contributed by atoms with Crippen LogP contribution in [0.25, 0.3) is 0 Å². The smallest absolute Gasteiger partial charge is 0.226 e. The molecule has 1 heterocycles. The molecule has 1 saturated heterocycles. The number of nitrogens with zero attached hydrogens (tertiary/aromatic N) is 1. The molecule has 0 aromatic heterocycles. The largest absolute Gasteiger partial charge is 0.373 e. The Hall–Kier alpha value is -0.870. The topological polar surface area (TPSA) is 41.6 Å². The number of carbonyl (C=O) groups is 1. The molecule has 1 aliphatic carbocycles. The van der Waals surface area contributed by atoms with Gasteiger partial charge in [-0.25, -0.2) is 0 Å². The molecule has 0 radical (unpaired) electrons. The van der Waals surface area contributed by atoms with Crippen LogP contribution < -0.4 is 5.32 Å². The lowest BCUT2D eigenvalue weighted by molar-refractivity contribution is -0.142. The normalized spacial score (nSPS) is 26.3. The summed E-state index contributed by atoms with van der Waals surface area (Å²) in [6.45, 7) is 2.96. The van der Waals surface area contributed by atoms with Crippen LogP contribution in [-0.2, 0) is 9.53 Å². The average Bonchev–Trinajstić information content (AvgIpc) is 2.82. The number of morpholine rings is 1. The molecule has 1 unspecified atom stereocenters. The van der Waals surface area contributed by atoms with E-state index in [0.29, 0.717) is 12.5 Å². The summed E-state index contributed by atoms with van der Waals surface area (Å²) >= 11 is 0. The third-order valence-corrected chi connectivity index (χ3v) is 3.24. The van der Waals surface area contributed by atoms with Gasteiger partial charge in [0.2, 0.25) is 5.91 Å². The van der Waals surface area contributed by atoms with Crippen molar-refractivity contribution in [2.24, 2.45) is 5.92 Å². The second-order valence-corrected chi connectivity index (χ2v) is 4.47. The van der Waals surface area contributed by atoms with Crippen molar-refractivity contribution >= 4 is 5.91 Å². The SMILES string of the molecule is CNCC1CN(C(=O)C2CC=CC2)CCO1. The van der Waals surface area contributed by atoms with Gasteiger partial charge in [-0.15, -0.1) is 0 Å². The van der Waals surface area contributed by atoms with Crippen LogP contribution in [0, 0.1) is 5.92 Å². The lowest BCUT2D eigenvalue weighted by Crippen LogP contribution is -2.50. The van der Waals surface area contributed by atoms with Gasteiger partial charge in [-0.05, 0) is 19.9 Å². The summed E-state index contributed by atoms with van der Waals surface area (Å²) in [4.78, 5) is 14.1. The Bertz CT molecular complexity index is 268. The van der Waals surface area contributed by atoms with E-state index in [1.807, 2.05) is 11.9 Å². The first kappa shape index (κ1) is 11.6. The first-order chi connectivity index (χ1) is 7.81. The van der Waals surface area contributed by atoms with Gasteiger partial charge in [-0.1, -0.05) is 12.2 Å². The monoisotopic (exact) mass is 224 g/mol. The fraction of sp³-hybridized carbons (Fsp3) is 0.750. The molecule has 0 aromatic rings. The number of ether oxygens (including phenoxy) is 1. The van der Waals surface area contributed by atoms with Gasteiger partial charge in [0.25, 0.3) is 0 Å². The van der Waals surface area contributed by atoms with Crippen LogP contribution in [0.4, 0.5) is 0 Å². The van der Waals surface area contributed by atoms with E-state index in [0.717, 1.165) is 32.5 Å². The molecule has 4 heteroatoms. The fourth-order valence-electron chi connectivity index (χ4n) is 2.35. The number of hydrogen-bond donors (Lipinski definition) is 1. The van der Waals surface area contributed by atoms with E-state index >= 15 is 0 Å². The van der Waals surface area contributed by atoms with Gasteiger partial charge in [0.05, 0.1) is 12.7 Å². The van der Waals surface area contributed by atoms with E-state index in [1.54, 1.807) is 0 Å². The number of allylic oxidation sites excluding steroid dienone is 2. The summed E-state index contributed by atoms with van der Waals surface area (Å²) in [7, 11) is 1.91. The highest BCUT2D eigenvalue weighted by Crippen LogP contribution is 2.21. The molecule has 1 amide bonds. The Balaban J connectivity index is 1.86. The van der Waals surface area contributed by atoms with E-state index in [9.17, 15) is 4.79 Å². The summed E-state index contributed by atoms with van der Waals surface area (Å²) in [5.41, 5.74) is 0. The molecule has 16 heavy (non-hydrogen) atoms. The van der Waals surface area contributed by atoms with E-state index < -0.39 is 0 Å². The Labute approximate surface area is 96.6 Å². The van der Waals surface area contributed by atoms with Gasteiger partial charge in [-0.2, -0.15) is 0 Å². The third-order valence-electron chi connectivity index (χ3n) is 3.24. The number of rotatable bonds is 3. The summed E-state index contributed by atoms with van der Waals surface area (Å²) in [6.07, 6.45) is 6.18. The van der Waals surface area contributed by atoms with Crippen molar-refractivity contribution in [3.63, 3.8) is 0 Å². The number of amides is 1. The van der Waals surface area contributed by atoms with Gasteiger partial charge in [-0.3, -0.25) is 4.79 Å². The van der Waals surface area contributed by atoms with Crippen molar-refractivity contribution < 1.29 is 9.53 Å². The first-order valence-electron chi connectivity index (χ1n) is 6.01. The summed E-state index contributed by atoms with van der Waals surface area (Å²) in [5.74, 6) is 0.489. The Morgan fingerprint density at radius 1 is 1.50 bits per heavy atom. The van der Waals surface area contributed by atoms with E-state index in [1.165, 1.54) is 0 Å². The summed E-state index contributed by atoms with van der Waals surface area (Å²) in [6, 6.07) is 0. The molecule has 0 spiro atoms. The van der Waals surface area contributed by atoms with Crippen LogP contribution in [0.15, 0.2) is 12.2 Å². The van der Waals surface area contributed by atoms with Gasteiger partial charge in [0.15, 0.2) is 0 Å². The van der Waals surface area contributed by atoms with Crippen LogP contribution in [0.5, 0.6) is 0 Å². The maximum Gasteiger partial charge on any atom is 0.226 e. The standard InChI is InChI=1S/C12H20N2O2/c1-13-8-11-9-14(6-7-16-11)12(15)10-4-2-3-5-10/h2-3,10-11,13H,4-9H2,1H3. The highest BCUT2D eigenvalue weighted by Gasteiger charge is 2.29. The Morgan fingerprint density at radius 2 is 2.25 bits per heavy atom. The molecule has 4 nitrogen and oxygen atoms in total. The lowest BCUT2D eigenvalue weighted by atomic mass is 10.1. The number of carbonyl (C=O) groups excluding carboxylic acids is 1. The molecule has 0 aromatic carbocycles. The van der Waals surface area contributed by atoms with E-state index in [2.05, 4.69) is 17.5 Å². The number of hydrogen-bond acceptors (Lipinski definition) is 3. The van der Waals surface area contributed by atoms with Crippen molar-refractivity contribution in [2.45, 2.75) is 18.9 Å². The van der Waals surface area contributed by atoms with E-state index in [4.69, 9.17) is 4.74 Å². The van der Waals surface area contributed by atoms with Gasteiger partial charge < -0.3 is 15.0 Å². The summed E-state index contributed by atoms with van der Waals surface area (Å²) in [5, 5.41) is 3.09. The zero-order chi connectivity index (χ0) is 11.4. The maximum absolute atomic E-state index is 12.2. The quantitative estimate of drug-likeness (QED) is 0.706.